The van der Waals surface area contributed by atoms with Gasteiger partial charge in [0.15, 0.2) is 0 Å². The number of amides is 1. The minimum absolute atomic E-state index is 0.00254. The normalized spacial score (nSPS) is 19.0. The van der Waals surface area contributed by atoms with E-state index in [2.05, 4.69) is 4.90 Å². The van der Waals surface area contributed by atoms with Gasteiger partial charge in [0.1, 0.15) is 5.82 Å². The van der Waals surface area contributed by atoms with Gasteiger partial charge >= 0.3 is 18.1 Å². The summed E-state index contributed by atoms with van der Waals surface area (Å²) in [6, 6.07) is 20.4. The van der Waals surface area contributed by atoms with E-state index in [9.17, 15) is 27.2 Å². The fourth-order valence-electron chi connectivity index (χ4n) is 5.67. The number of carbonyl (C=O) groups excluding carboxylic acids is 2. The lowest BCUT2D eigenvalue weighted by molar-refractivity contribution is -0.187. The average Bonchev–Trinajstić information content (AvgIpc) is 3.74. The van der Waals surface area contributed by atoms with Gasteiger partial charge in [-0.2, -0.15) is 13.2 Å². The zero-order valence-corrected chi connectivity index (χ0v) is 22.7. The number of aryl methyl sites for hydroxylation is 1. The van der Waals surface area contributed by atoms with Crippen LogP contribution in [0.25, 0.3) is 11.1 Å². The van der Waals surface area contributed by atoms with Crippen LogP contribution in [0.3, 0.4) is 0 Å². The molecule has 1 amide bonds. The molecule has 0 bridgehead atoms. The molecule has 0 N–H and O–H groups in total. The molecule has 2 unspecified atom stereocenters. The zero-order valence-electron chi connectivity index (χ0n) is 22.7. The van der Waals surface area contributed by atoms with E-state index in [1.54, 1.807) is 24.3 Å². The lowest BCUT2D eigenvalue weighted by Gasteiger charge is -2.42. The second-order valence-electron chi connectivity index (χ2n) is 10.9. The molecule has 5 nitrogen and oxygen atoms in total. The van der Waals surface area contributed by atoms with Crippen molar-refractivity contribution in [3.05, 3.63) is 95.3 Å². The first-order valence-electron chi connectivity index (χ1n) is 13.8. The van der Waals surface area contributed by atoms with E-state index >= 15 is 0 Å². The molecule has 3 aromatic carbocycles. The Bertz CT molecular complexity index is 1350. The number of halogens is 4. The summed E-state index contributed by atoms with van der Waals surface area (Å²) in [5.74, 6) is -2.59. The third kappa shape index (κ3) is 6.96. The average molecular weight is 569 g/mol. The zero-order chi connectivity index (χ0) is 29.1. The maximum Gasteiger partial charge on any atom is 0.471 e. The smallest absolute Gasteiger partial charge is 0.465 e. The number of esters is 1. The number of benzene rings is 3. The van der Waals surface area contributed by atoms with Crippen LogP contribution in [0, 0.1) is 11.7 Å². The summed E-state index contributed by atoms with van der Waals surface area (Å²) in [5.41, 5.74) is 4.24. The molecule has 0 spiro atoms. The van der Waals surface area contributed by atoms with Crippen molar-refractivity contribution in [2.75, 3.05) is 33.3 Å². The number of rotatable bonds is 10. The Morgan fingerprint density at radius 2 is 1.54 bits per heavy atom. The molecule has 3 aromatic rings. The molecule has 2 atom stereocenters. The van der Waals surface area contributed by atoms with E-state index in [1.165, 1.54) is 19.2 Å². The Hall–Kier alpha value is -3.72. The first kappa shape index (κ1) is 28.8. The van der Waals surface area contributed by atoms with Gasteiger partial charge in [0.05, 0.1) is 12.7 Å². The van der Waals surface area contributed by atoms with Gasteiger partial charge in [-0.1, -0.05) is 48.5 Å². The van der Waals surface area contributed by atoms with Crippen molar-refractivity contribution >= 4 is 11.9 Å². The predicted molar refractivity (Wildman–Crippen MR) is 147 cm³/mol. The second kappa shape index (κ2) is 12.0. The Balaban J connectivity index is 1.12. The van der Waals surface area contributed by atoms with Gasteiger partial charge in [-0.15, -0.1) is 0 Å². The minimum atomic E-state index is -4.91. The van der Waals surface area contributed by atoms with Crippen LogP contribution in [0.2, 0.25) is 0 Å². The van der Waals surface area contributed by atoms with Crippen LogP contribution in [-0.4, -0.2) is 67.2 Å². The topological polar surface area (TPSA) is 49.9 Å². The summed E-state index contributed by atoms with van der Waals surface area (Å²) in [5, 5.41) is 0. The molecule has 9 heteroatoms. The fourth-order valence-corrected chi connectivity index (χ4v) is 5.67. The highest BCUT2D eigenvalue weighted by Crippen LogP contribution is 2.46. The van der Waals surface area contributed by atoms with Gasteiger partial charge in [-0.25, -0.2) is 9.18 Å². The number of nitrogens with zero attached hydrogens (tertiary/aromatic N) is 2. The van der Waals surface area contributed by atoms with Crippen molar-refractivity contribution in [2.45, 2.75) is 37.4 Å². The Labute approximate surface area is 236 Å². The van der Waals surface area contributed by atoms with Gasteiger partial charge in [0.2, 0.25) is 0 Å². The Morgan fingerprint density at radius 1 is 0.927 bits per heavy atom. The van der Waals surface area contributed by atoms with Crippen LogP contribution < -0.4 is 0 Å². The van der Waals surface area contributed by atoms with Crippen LogP contribution in [-0.2, 0) is 16.0 Å². The molecule has 2 fully saturated rings. The van der Waals surface area contributed by atoms with Crippen LogP contribution in [0.5, 0.6) is 0 Å². The van der Waals surface area contributed by atoms with Crippen molar-refractivity contribution in [3.8, 4) is 11.1 Å². The van der Waals surface area contributed by atoms with E-state index < -0.39 is 18.1 Å². The van der Waals surface area contributed by atoms with Crippen LogP contribution in [0.4, 0.5) is 17.6 Å². The summed E-state index contributed by atoms with van der Waals surface area (Å²) in [4.78, 5) is 27.2. The van der Waals surface area contributed by atoms with Gasteiger partial charge in [-0.3, -0.25) is 4.79 Å². The molecule has 1 heterocycles. The maximum absolute atomic E-state index is 13.5. The summed E-state index contributed by atoms with van der Waals surface area (Å²) < 4.78 is 58.4. The number of hydrogen-bond acceptors (Lipinski definition) is 4. The van der Waals surface area contributed by atoms with E-state index in [4.69, 9.17) is 4.74 Å². The summed E-state index contributed by atoms with van der Waals surface area (Å²) in [6.45, 7) is 2.23. The molecular formula is C32H32F4N2O3. The number of methoxy groups -OCH3 is 1. The maximum atomic E-state index is 13.5. The summed E-state index contributed by atoms with van der Waals surface area (Å²) in [7, 11) is 1.34. The molecule has 1 aliphatic heterocycles. The summed E-state index contributed by atoms with van der Waals surface area (Å²) >= 11 is 0. The van der Waals surface area contributed by atoms with Crippen molar-refractivity contribution in [1.29, 1.82) is 0 Å². The van der Waals surface area contributed by atoms with Crippen LogP contribution in [0.1, 0.15) is 40.2 Å². The van der Waals surface area contributed by atoms with Crippen LogP contribution >= 0.6 is 0 Å². The number of alkyl halides is 3. The van der Waals surface area contributed by atoms with E-state index in [-0.39, 0.29) is 30.2 Å². The number of hydrogen-bond donors (Lipinski definition) is 0. The highest BCUT2D eigenvalue weighted by atomic mass is 19.4. The fraction of sp³-hybridized carbons (Fsp3) is 0.375. The molecule has 216 valence electrons. The van der Waals surface area contributed by atoms with Crippen molar-refractivity contribution in [1.82, 2.24) is 9.80 Å². The highest BCUT2D eigenvalue weighted by Gasteiger charge is 2.52. The SMILES string of the molecule is COC(=O)c1ccc(CCCN2CC(CN(C(=O)C(F)(F)F)C3CC3c3ccc(-c4ccc(F)cc4)cc3)C2)cc1. The van der Waals surface area contributed by atoms with Gasteiger partial charge in [-0.05, 0) is 72.3 Å². The highest BCUT2D eigenvalue weighted by molar-refractivity contribution is 5.89. The molecule has 1 saturated carbocycles. The molecule has 41 heavy (non-hydrogen) atoms. The molecule has 0 aromatic heterocycles. The third-order valence-corrected chi connectivity index (χ3v) is 7.98. The monoisotopic (exact) mass is 568 g/mol. The van der Waals surface area contributed by atoms with Gasteiger partial charge in [0.25, 0.3) is 0 Å². The van der Waals surface area contributed by atoms with Crippen molar-refractivity contribution < 1.29 is 31.9 Å². The Kier molecular flexibility index (Phi) is 8.45. The standard InChI is InChI=1S/C32H32F4N2O3/c1-41-30(39)26-6-4-21(5-7-26)3-2-16-37-18-22(19-37)20-38(31(40)32(34,35)36)29-17-28(29)25-10-8-23(9-11-25)24-12-14-27(33)15-13-24/h4-15,22,28-29H,2-3,16-20H2,1H3. The Morgan fingerprint density at radius 3 is 2.12 bits per heavy atom. The first-order chi connectivity index (χ1) is 19.6. The molecule has 0 radical (unpaired) electrons. The van der Waals surface area contributed by atoms with Crippen LogP contribution in [0.15, 0.2) is 72.8 Å². The van der Waals surface area contributed by atoms with Gasteiger partial charge < -0.3 is 14.5 Å². The van der Waals surface area contributed by atoms with E-state index in [1.807, 2.05) is 36.4 Å². The second-order valence-corrected chi connectivity index (χ2v) is 10.9. The van der Waals surface area contributed by atoms with Crippen molar-refractivity contribution in [3.63, 3.8) is 0 Å². The molecule has 2 aliphatic rings. The lowest BCUT2D eigenvalue weighted by Crippen LogP contribution is -2.54. The number of likely N-dealkylation sites (tertiary alicyclic amines) is 1. The largest absolute Gasteiger partial charge is 0.471 e. The molecule has 1 aliphatic carbocycles. The molecule has 5 rings (SSSR count). The third-order valence-electron chi connectivity index (χ3n) is 7.98. The quantitative estimate of drug-likeness (QED) is 0.219. The number of ether oxygens (including phenoxy) is 1. The predicted octanol–water partition coefficient (Wildman–Crippen LogP) is 6.09. The summed E-state index contributed by atoms with van der Waals surface area (Å²) in [6.07, 6.45) is -2.70. The molecule has 1 saturated heterocycles. The lowest BCUT2D eigenvalue weighted by atomic mass is 9.97. The first-order valence-corrected chi connectivity index (χ1v) is 13.8. The van der Waals surface area contributed by atoms with Gasteiger partial charge in [0, 0.05) is 37.5 Å². The van der Waals surface area contributed by atoms with E-state index in [0.717, 1.165) is 46.5 Å². The minimum Gasteiger partial charge on any atom is -0.465 e. The number of carbonyl (C=O) groups is 2. The van der Waals surface area contributed by atoms with E-state index in [0.29, 0.717) is 25.1 Å². The molecular weight excluding hydrogens is 536 g/mol. The van der Waals surface area contributed by atoms with Crippen molar-refractivity contribution in [2.24, 2.45) is 5.92 Å².